The van der Waals surface area contributed by atoms with Gasteiger partial charge >= 0.3 is 0 Å². The molecule has 2 aliphatic heterocycles. The molecule has 0 saturated carbocycles. The second-order valence-electron chi connectivity index (χ2n) is 11.5. The Kier molecular flexibility index (Phi) is 7.25. The molecule has 0 fully saturated rings. The molecule has 0 saturated heterocycles. The molecule has 3 aromatic carbocycles. The fraction of sp³-hybridized carbons (Fsp3) is 0.229. The summed E-state index contributed by atoms with van der Waals surface area (Å²) < 4.78 is 11.5. The highest BCUT2D eigenvalue weighted by Crippen LogP contribution is 2.47. The van der Waals surface area contributed by atoms with E-state index in [2.05, 4.69) is 15.2 Å². The molecule has 3 amide bonds. The van der Waals surface area contributed by atoms with Gasteiger partial charge in [0.15, 0.2) is 0 Å². The maximum atomic E-state index is 15.2. The van der Waals surface area contributed by atoms with Gasteiger partial charge in [-0.25, -0.2) is 0 Å². The Morgan fingerprint density at radius 3 is 2.30 bits per heavy atom. The fourth-order valence-corrected chi connectivity index (χ4v) is 6.72. The molecule has 7 rings (SSSR count). The Hall–Kier alpha value is -5.55. The minimum Gasteiger partial charge on any atom is -0.496 e. The van der Waals surface area contributed by atoms with Crippen LogP contribution >= 0.6 is 0 Å². The lowest BCUT2D eigenvalue weighted by molar-refractivity contribution is -0.140. The van der Waals surface area contributed by atoms with Crippen molar-refractivity contribution in [1.29, 1.82) is 0 Å². The third kappa shape index (κ3) is 4.42. The molecule has 1 N–H and O–H groups in total. The van der Waals surface area contributed by atoms with E-state index in [1.807, 2.05) is 56.3 Å². The minimum absolute atomic E-state index is 0.266. The molecule has 2 bridgehead atoms. The predicted octanol–water partition coefficient (Wildman–Crippen LogP) is 4.95. The van der Waals surface area contributed by atoms with E-state index in [-0.39, 0.29) is 11.9 Å². The molecule has 3 atom stereocenters. The lowest BCUT2D eigenvalue weighted by Gasteiger charge is -2.38. The smallest absolute Gasteiger partial charge is 0.270 e. The first-order valence-corrected chi connectivity index (χ1v) is 15.0. The van der Waals surface area contributed by atoms with Gasteiger partial charge in [0.05, 0.1) is 47.5 Å². The van der Waals surface area contributed by atoms with E-state index in [9.17, 15) is 9.59 Å². The fourth-order valence-electron chi connectivity index (χ4n) is 6.72. The average Bonchev–Trinajstić information content (AvgIpc) is 3.42. The first kappa shape index (κ1) is 29.2. The van der Waals surface area contributed by atoms with Gasteiger partial charge in [-0.3, -0.25) is 34.3 Å². The summed E-state index contributed by atoms with van der Waals surface area (Å²) in [6, 6.07) is 22.3. The van der Waals surface area contributed by atoms with Gasteiger partial charge in [0.2, 0.25) is 6.10 Å². The maximum Gasteiger partial charge on any atom is 0.270 e. The van der Waals surface area contributed by atoms with Gasteiger partial charge in [-0.05, 0) is 62.4 Å². The van der Waals surface area contributed by atoms with E-state index in [1.165, 1.54) is 16.9 Å². The van der Waals surface area contributed by atoms with Crippen molar-refractivity contribution in [1.82, 2.24) is 15.2 Å². The topological polar surface area (TPSA) is 121 Å². The monoisotopic (exact) mass is 616 g/mol. The second kappa shape index (κ2) is 11.4. The van der Waals surface area contributed by atoms with E-state index < -0.39 is 29.9 Å². The highest BCUT2D eigenvalue weighted by Gasteiger charge is 2.51. The number of ether oxygens (including phenoxy) is 2. The summed E-state index contributed by atoms with van der Waals surface area (Å²) in [4.78, 5) is 53.0. The van der Waals surface area contributed by atoms with Crippen molar-refractivity contribution in [3.8, 4) is 5.75 Å². The number of aromatic nitrogens is 3. The van der Waals surface area contributed by atoms with E-state index >= 15 is 4.79 Å². The number of para-hydroxylation sites is 3. The molecule has 232 valence electrons. The highest BCUT2D eigenvalue weighted by atomic mass is 16.5. The number of hydrogen-bond acceptors (Lipinski definition) is 7. The van der Waals surface area contributed by atoms with Crippen molar-refractivity contribution in [2.24, 2.45) is 0 Å². The molecule has 3 unspecified atom stereocenters. The number of nitrogens with one attached hydrogen (secondary N) is 1. The number of rotatable bonds is 6. The number of methoxy groups -OCH3 is 2. The normalized spacial score (nSPS) is 19.8. The van der Waals surface area contributed by atoms with Crippen LogP contribution in [-0.2, 0) is 19.1 Å². The first-order chi connectivity index (χ1) is 22.3. The van der Waals surface area contributed by atoms with Gasteiger partial charge in [0.1, 0.15) is 11.8 Å². The summed E-state index contributed by atoms with van der Waals surface area (Å²) in [5.74, 6) is -1.84. The van der Waals surface area contributed by atoms with Gasteiger partial charge in [0.25, 0.3) is 17.7 Å². The highest BCUT2D eigenvalue weighted by molar-refractivity contribution is 6.24. The van der Waals surface area contributed by atoms with Crippen LogP contribution in [0.2, 0.25) is 0 Å². The largest absolute Gasteiger partial charge is 0.496 e. The lowest BCUT2D eigenvalue weighted by atomic mass is 9.85. The lowest BCUT2D eigenvalue weighted by Crippen LogP contribution is -2.58. The molecule has 11 heteroatoms. The minimum atomic E-state index is -1.56. The van der Waals surface area contributed by atoms with Gasteiger partial charge in [-0.2, -0.15) is 5.10 Å². The SMILES string of the molecule is COc1ccc2cc1C(c1[nH]nc3ccccc13)C(N1C(=O)C(OC)C(=O)N(c3cccnc3)c3ccccc31)C(=O)N2C(C)C. The first-order valence-electron chi connectivity index (χ1n) is 15.0. The quantitative estimate of drug-likeness (QED) is 0.268. The zero-order valence-electron chi connectivity index (χ0n) is 25.7. The third-order valence-corrected chi connectivity index (χ3v) is 8.66. The van der Waals surface area contributed by atoms with Crippen molar-refractivity contribution in [3.05, 3.63) is 103 Å². The van der Waals surface area contributed by atoms with Crippen LogP contribution in [0.5, 0.6) is 5.75 Å². The van der Waals surface area contributed by atoms with Crippen LogP contribution in [0, 0.1) is 0 Å². The van der Waals surface area contributed by atoms with Crippen LogP contribution in [-0.4, -0.2) is 65.3 Å². The standard InChI is InChI=1S/C35H32N6O5/c1-20(2)39-21-15-16-28(45-3)24(18-21)29(30-23-11-5-6-12-25(23)37-38-30)31(33(39)42)41-27-14-8-7-13-26(27)40(22-10-9-17-36-19-22)34(43)32(46-4)35(41)44/h5-20,29,31-32H,1-4H3,(H,37,38). The Balaban J connectivity index is 1.55. The van der Waals surface area contributed by atoms with Crippen LogP contribution in [0.15, 0.2) is 91.3 Å². The molecular formula is C35H32N6O5. The van der Waals surface area contributed by atoms with Gasteiger partial charge in [0, 0.05) is 36.0 Å². The van der Waals surface area contributed by atoms with Crippen molar-refractivity contribution >= 4 is 51.4 Å². The summed E-state index contributed by atoms with van der Waals surface area (Å²) in [5.41, 5.74) is 3.93. The van der Waals surface area contributed by atoms with Crippen molar-refractivity contribution in [2.75, 3.05) is 28.9 Å². The zero-order chi connectivity index (χ0) is 32.1. The number of hydrogen-bond donors (Lipinski definition) is 1. The van der Waals surface area contributed by atoms with E-state index in [1.54, 1.807) is 60.8 Å². The van der Waals surface area contributed by atoms with Crippen LogP contribution < -0.4 is 19.4 Å². The number of benzene rings is 3. The number of carbonyl (C=O) groups is 3. The van der Waals surface area contributed by atoms with Crippen LogP contribution in [0.3, 0.4) is 0 Å². The summed E-state index contributed by atoms with van der Waals surface area (Å²) in [5, 5.41) is 8.56. The maximum absolute atomic E-state index is 15.2. The number of nitrogens with zero attached hydrogens (tertiary/aromatic N) is 5. The molecule has 4 heterocycles. The van der Waals surface area contributed by atoms with Gasteiger partial charge < -0.3 is 14.4 Å². The molecule has 11 nitrogen and oxygen atoms in total. The Morgan fingerprint density at radius 2 is 1.59 bits per heavy atom. The molecule has 5 aromatic rings. The van der Waals surface area contributed by atoms with E-state index in [4.69, 9.17) is 9.47 Å². The number of carbonyl (C=O) groups excluding carboxylic acids is 3. The number of anilines is 4. The third-order valence-electron chi connectivity index (χ3n) is 8.66. The second-order valence-corrected chi connectivity index (χ2v) is 11.5. The summed E-state index contributed by atoms with van der Waals surface area (Å²) in [6.07, 6.45) is 1.60. The van der Waals surface area contributed by atoms with Crippen LogP contribution in [0.4, 0.5) is 22.7 Å². The van der Waals surface area contributed by atoms with Crippen LogP contribution in [0.25, 0.3) is 10.9 Å². The summed E-state index contributed by atoms with van der Waals surface area (Å²) in [7, 11) is 2.89. The molecule has 2 aliphatic rings. The molecule has 0 aliphatic carbocycles. The summed E-state index contributed by atoms with van der Waals surface area (Å²) in [6.45, 7) is 3.85. The molecular weight excluding hydrogens is 584 g/mol. The Morgan fingerprint density at radius 1 is 0.826 bits per heavy atom. The van der Waals surface area contributed by atoms with Crippen molar-refractivity contribution < 1.29 is 23.9 Å². The number of H-pyrrole nitrogens is 1. The molecule has 46 heavy (non-hydrogen) atoms. The van der Waals surface area contributed by atoms with Crippen molar-refractivity contribution in [3.63, 3.8) is 0 Å². The van der Waals surface area contributed by atoms with Gasteiger partial charge in [-0.15, -0.1) is 0 Å². The van der Waals surface area contributed by atoms with E-state index in [0.717, 1.165) is 5.39 Å². The Labute approximate surface area is 265 Å². The van der Waals surface area contributed by atoms with E-state index in [0.29, 0.717) is 45.3 Å². The molecule has 0 radical (unpaired) electrons. The van der Waals surface area contributed by atoms with Crippen LogP contribution in [0.1, 0.15) is 31.0 Å². The number of pyridine rings is 1. The Bertz CT molecular complexity index is 1970. The number of aromatic amines is 1. The average molecular weight is 617 g/mol. The van der Waals surface area contributed by atoms with Gasteiger partial charge in [-0.1, -0.05) is 30.3 Å². The predicted molar refractivity (Wildman–Crippen MR) is 173 cm³/mol. The van der Waals surface area contributed by atoms with Crippen molar-refractivity contribution in [2.45, 2.75) is 38.0 Å². The number of amides is 3. The molecule has 2 aromatic heterocycles. The zero-order valence-corrected chi connectivity index (χ0v) is 25.7. The number of fused-ring (bicyclic) bond motifs is 4. The summed E-state index contributed by atoms with van der Waals surface area (Å²) >= 11 is 0. The molecule has 0 spiro atoms.